The molecule has 2 heteroatoms. The molecule has 1 fully saturated rings. The molecule has 16 heavy (non-hydrogen) atoms. The molecule has 2 nitrogen and oxygen atoms in total. The minimum absolute atomic E-state index is 0.193. The van der Waals surface area contributed by atoms with Crippen LogP contribution in [0.2, 0.25) is 0 Å². The average molecular weight is 220 g/mol. The van der Waals surface area contributed by atoms with Crippen LogP contribution in [0.3, 0.4) is 0 Å². The van der Waals surface area contributed by atoms with E-state index in [1.54, 1.807) is 0 Å². The van der Waals surface area contributed by atoms with Gasteiger partial charge >= 0.3 is 0 Å². The number of aryl methyl sites for hydroxylation is 1. The van der Waals surface area contributed by atoms with Gasteiger partial charge < -0.3 is 9.84 Å². The van der Waals surface area contributed by atoms with E-state index in [-0.39, 0.29) is 6.10 Å². The van der Waals surface area contributed by atoms with Crippen molar-refractivity contribution in [1.29, 1.82) is 0 Å². The molecule has 1 saturated heterocycles. The Kier molecular flexibility index (Phi) is 3.31. The van der Waals surface area contributed by atoms with Gasteiger partial charge in [-0.25, -0.2) is 0 Å². The molecule has 0 amide bonds. The van der Waals surface area contributed by atoms with Crippen LogP contribution < -0.4 is 0 Å². The van der Waals surface area contributed by atoms with Crippen LogP contribution in [0.5, 0.6) is 0 Å². The van der Waals surface area contributed by atoms with E-state index < -0.39 is 5.60 Å². The summed E-state index contributed by atoms with van der Waals surface area (Å²) >= 11 is 0. The molecule has 0 bridgehead atoms. The highest BCUT2D eigenvalue weighted by molar-refractivity contribution is 5.31. The lowest BCUT2D eigenvalue weighted by Crippen LogP contribution is -2.38. The first-order valence-corrected chi connectivity index (χ1v) is 6.06. The number of hydrogen-bond acceptors (Lipinski definition) is 2. The minimum Gasteiger partial charge on any atom is -0.385 e. The maximum Gasteiger partial charge on any atom is 0.0945 e. The molecule has 88 valence electrons. The van der Waals surface area contributed by atoms with Crippen molar-refractivity contribution in [3.63, 3.8) is 0 Å². The smallest absolute Gasteiger partial charge is 0.0945 e. The van der Waals surface area contributed by atoms with Gasteiger partial charge in [-0.3, -0.25) is 0 Å². The number of benzene rings is 1. The molecule has 1 aromatic rings. The lowest BCUT2D eigenvalue weighted by atomic mass is 9.81. The third-order valence-electron chi connectivity index (χ3n) is 3.54. The van der Waals surface area contributed by atoms with Gasteiger partial charge in [0.25, 0.3) is 0 Å². The minimum atomic E-state index is -0.690. The Hall–Kier alpha value is -0.860. The second-order valence-electron chi connectivity index (χ2n) is 4.70. The fraction of sp³-hybridized carbons (Fsp3) is 0.571. The molecule has 0 aliphatic carbocycles. The molecule has 1 aromatic carbocycles. The van der Waals surface area contributed by atoms with E-state index in [0.717, 1.165) is 12.0 Å². The normalized spacial score (nSPS) is 30.3. The molecular weight excluding hydrogens is 200 g/mol. The van der Waals surface area contributed by atoms with E-state index in [1.807, 2.05) is 18.2 Å². The molecular formula is C14H20O2. The van der Waals surface area contributed by atoms with Gasteiger partial charge in [-0.2, -0.15) is 0 Å². The maximum absolute atomic E-state index is 10.7. The second-order valence-corrected chi connectivity index (χ2v) is 4.70. The van der Waals surface area contributed by atoms with Gasteiger partial charge in [-0.1, -0.05) is 31.2 Å². The molecule has 1 aliphatic heterocycles. The average Bonchev–Trinajstić information content (AvgIpc) is 2.29. The van der Waals surface area contributed by atoms with E-state index in [1.165, 1.54) is 5.56 Å². The summed E-state index contributed by atoms with van der Waals surface area (Å²) in [7, 11) is 0. The zero-order chi connectivity index (χ0) is 11.6. The van der Waals surface area contributed by atoms with E-state index in [2.05, 4.69) is 19.9 Å². The molecule has 1 heterocycles. The topological polar surface area (TPSA) is 29.5 Å². The van der Waals surface area contributed by atoms with Crippen molar-refractivity contribution in [1.82, 2.24) is 0 Å². The molecule has 1 aliphatic rings. The van der Waals surface area contributed by atoms with Crippen LogP contribution in [0.25, 0.3) is 0 Å². The molecule has 2 atom stereocenters. The van der Waals surface area contributed by atoms with Crippen LogP contribution in [0.1, 0.15) is 37.3 Å². The SMILES string of the molecule is CCC1CC(O)(c2ccccc2C)CCO1. The number of hydrogen-bond donors (Lipinski definition) is 1. The number of ether oxygens (including phenoxy) is 1. The summed E-state index contributed by atoms with van der Waals surface area (Å²) in [6.07, 6.45) is 2.58. The van der Waals surface area contributed by atoms with Gasteiger partial charge in [0.1, 0.15) is 0 Å². The van der Waals surface area contributed by atoms with Gasteiger partial charge in [0.15, 0.2) is 0 Å². The van der Waals surface area contributed by atoms with Crippen molar-refractivity contribution >= 4 is 0 Å². The van der Waals surface area contributed by atoms with E-state index in [4.69, 9.17) is 4.74 Å². The van der Waals surface area contributed by atoms with Gasteiger partial charge in [0, 0.05) is 12.8 Å². The van der Waals surface area contributed by atoms with Crippen LogP contribution in [-0.2, 0) is 10.3 Å². The Bertz CT molecular complexity index is 362. The maximum atomic E-state index is 10.7. The van der Waals surface area contributed by atoms with Crippen LogP contribution in [0.15, 0.2) is 24.3 Å². The van der Waals surface area contributed by atoms with E-state index >= 15 is 0 Å². The van der Waals surface area contributed by atoms with Crippen LogP contribution >= 0.6 is 0 Å². The van der Waals surface area contributed by atoms with Crippen LogP contribution in [0, 0.1) is 6.92 Å². The fourth-order valence-electron chi connectivity index (χ4n) is 2.53. The molecule has 0 radical (unpaired) electrons. The highest BCUT2D eigenvalue weighted by atomic mass is 16.5. The Morgan fingerprint density at radius 3 is 2.88 bits per heavy atom. The highest BCUT2D eigenvalue weighted by Crippen LogP contribution is 2.36. The van der Waals surface area contributed by atoms with Crippen molar-refractivity contribution in [2.75, 3.05) is 6.61 Å². The van der Waals surface area contributed by atoms with Gasteiger partial charge in [-0.05, 0) is 24.5 Å². The van der Waals surface area contributed by atoms with Crippen molar-refractivity contribution < 1.29 is 9.84 Å². The molecule has 2 rings (SSSR count). The molecule has 0 spiro atoms. The van der Waals surface area contributed by atoms with Crippen LogP contribution in [0.4, 0.5) is 0 Å². The highest BCUT2D eigenvalue weighted by Gasteiger charge is 2.36. The summed E-state index contributed by atoms with van der Waals surface area (Å²) < 4.78 is 5.62. The summed E-state index contributed by atoms with van der Waals surface area (Å²) in [4.78, 5) is 0. The summed E-state index contributed by atoms with van der Waals surface area (Å²) in [5, 5.41) is 10.7. The Morgan fingerprint density at radius 2 is 2.19 bits per heavy atom. The predicted molar refractivity (Wildman–Crippen MR) is 64.3 cm³/mol. The Balaban J connectivity index is 2.27. The van der Waals surface area contributed by atoms with Crippen molar-refractivity contribution in [2.45, 2.75) is 44.8 Å². The van der Waals surface area contributed by atoms with Crippen molar-refractivity contribution in [3.8, 4) is 0 Å². The molecule has 0 saturated carbocycles. The summed E-state index contributed by atoms with van der Waals surface area (Å²) in [5.41, 5.74) is 1.54. The zero-order valence-corrected chi connectivity index (χ0v) is 10.1. The Morgan fingerprint density at radius 1 is 1.44 bits per heavy atom. The van der Waals surface area contributed by atoms with Gasteiger partial charge in [0.05, 0.1) is 18.3 Å². The lowest BCUT2D eigenvalue weighted by molar-refractivity contribution is -0.108. The molecule has 0 aromatic heterocycles. The molecule has 1 N–H and O–H groups in total. The lowest BCUT2D eigenvalue weighted by Gasteiger charge is -2.37. The fourth-order valence-corrected chi connectivity index (χ4v) is 2.53. The van der Waals surface area contributed by atoms with E-state index in [9.17, 15) is 5.11 Å². The zero-order valence-electron chi connectivity index (χ0n) is 10.1. The third kappa shape index (κ3) is 2.13. The first-order chi connectivity index (χ1) is 7.65. The molecule has 2 unspecified atom stereocenters. The third-order valence-corrected chi connectivity index (χ3v) is 3.54. The quantitative estimate of drug-likeness (QED) is 0.830. The van der Waals surface area contributed by atoms with Crippen molar-refractivity contribution in [2.24, 2.45) is 0 Å². The van der Waals surface area contributed by atoms with E-state index in [0.29, 0.717) is 19.4 Å². The Labute approximate surface area is 97.3 Å². The second kappa shape index (κ2) is 4.56. The first-order valence-electron chi connectivity index (χ1n) is 6.06. The summed E-state index contributed by atoms with van der Waals surface area (Å²) in [6.45, 7) is 4.82. The first kappa shape index (κ1) is 11.6. The largest absolute Gasteiger partial charge is 0.385 e. The monoisotopic (exact) mass is 220 g/mol. The van der Waals surface area contributed by atoms with Gasteiger partial charge in [0.2, 0.25) is 0 Å². The van der Waals surface area contributed by atoms with Crippen LogP contribution in [-0.4, -0.2) is 17.8 Å². The predicted octanol–water partition coefficient (Wildman–Crippen LogP) is 2.77. The van der Waals surface area contributed by atoms with Crippen molar-refractivity contribution in [3.05, 3.63) is 35.4 Å². The summed E-state index contributed by atoms with van der Waals surface area (Å²) in [5.74, 6) is 0. The standard InChI is InChI=1S/C14H20O2/c1-3-12-10-14(15,8-9-16-12)13-7-5-4-6-11(13)2/h4-7,12,15H,3,8-10H2,1-2H3. The summed E-state index contributed by atoms with van der Waals surface area (Å²) in [6, 6.07) is 8.10. The number of rotatable bonds is 2. The number of aliphatic hydroxyl groups is 1. The van der Waals surface area contributed by atoms with Gasteiger partial charge in [-0.15, -0.1) is 0 Å².